The predicted octanol–water partition coefficient (Wildman–Crippen LogP) is 2.77. The van der Waals surface area contributed by atoms with Crippen LogP contribution in [-0.2, 0) is 14.3 Å². The Morgan fingerprint density at radius 1 is 1.19 bits per heavy atom. The Labute approximate surface area is 124 Å². The number of carbonyl (C=O) groups is 2. The molecule has 0 saturated heterocycles. The van der Waals surface area contributed by atoms with Gasteiger partial charge >= 0.3 is 12.1 Å². The van der Waals surface area contributed by atoms with Crippen LogP contribution < -0.4 is 5.32 Å². The fraction of sp³-hybridized carbons (Fsp3) is 0.375. The highest BCUT2D eigenvalue weighted by molar-refractivity contribution is 5.84. The van der Waals surface area contributed by atoms with Crippen molar-refractivity contribution >= 4 is 18.1 Å². The molecule has 0 fully saturated rings. The fourth-order valence-electron chi connectivity index (χ4n) is 1.52. The lowest BCUT2D eigenvalue weighted by molar-refractivity contribution is -0.141. The summed E-state index contributed by atoms with van der Waals surface area (Å²) in [6.07, 6.45) is 2.62. The van der Waals surface area contributed by atoms with Crippen LogP contribution in [0.1, 0.15) is 26.3 Å². The number of hydrogen-bond acceptors (Lipinski definition) is 4. The van der Waals surface area contributed by atoms with E-state index in [2.05, 4.69) is 10.1 Å². The molecule has 0 bridgehead atoms. The lowest BCUT2D eigenvalue weighted by Gasteiger charge is -2.21. The van der Waals surface area contributed by atoms with Crippen LogP contribution in [0, 0.1) is 0 Å². The van der Waals surface area contributed by atoms with Crippen LogP contribution in [0.5, 0.6) is 0 Å². The van der Waals surface area contributed by atoms with E-state index in [1.54, 1.807) is 32.9 Å². The van der Waals surface area contributed by atoms with Gasteiger partial charge in [-0.15, -0.1) is 0 Å². The quantitative estimate of drug-likeness (QED) is 0.866. The summed E-state index contributed by atoms with van der Waals surface area (Å²) in [4.78, 5) is 23.4. The molecule has 0 saturated carbocycles. The van der Waals surface area contributed by atoms with E-state index in [0.29, 0.717) is 0 Å². The summed E-state index contributed by atoms with van der Waals surface area (Å²) < 4.78 is 9.79. The minimum atomic E-state index is -0.898. The number of methoxy groups -OCH3 is 1. The van der Waals surface area contributed by atoms with E-state index in [1.807, 2.05) is 30.3 Å². The molecule has 1 unspecified atom stereocenters. The summed E-state index contributed by atoms with van der Waals surface area (Å²) in [5.41, 5.74) is 0.283. The number of amides is 1. The van der Waals surface area contributed by atoms with Crippen LogP contribution in [0.4, 0.5) is 4.79 Å². The van der Waals surface area contributed by atoms with Gasteiger partial charge in [0.2, 0.25) is 0 Å². The van der Waals surface area contributed by atoms with Gasteiger partial charge in [0, 0.05) is 0 Å². The summed E-state index contributed by atoms with van der Waals surface area (Å²) in [6.45, 7) is 5.25. The molecule has 1 atom stereocenters. The molecular formula is C16H21NO4. The second-order valence-electron chi connectivity index (χ2n) is 5.42. The zero-order valence-corrected chi connectivity index (χ0v) is 12.8. The van der Waals surface area contributed by atoms with Crippen molar-refractivity contribution in [1.82, 2.24) is 5.32 Å². The molecule has 0 aromatic heterocycles. The Hall–Kier alpha value is -2.30. The number of carbonyl (C=O) groups excluding carboxylic acids is 2. The average molecular weight is 291 g/mol. The molecule has 1 N–H and O–H groups in total. The Balaban J connectivity index is 2.75. The van der Waals surface area contributed by atoms with Crippen LogP contribution in [0.3, 0.4) is 0 Å². The van der Waals surface area contributed by atoms with Crippen LogP contribution in [0.15, 0.2) is 36.4 Å². The minimum absolute atomic E-state index is 0.562. The largest absolute Gasteiger partial charge is 0.467 e. The SMILES string of the molecule is COC(=O)C(/C=C/c1ccccc1)NC(=O)OC(C)(C)C. The third-order valence-corrected chi connectivity index (χ3v) is 2.41. The van der Waals surface area contributed by atoms with Gasteiger partial charge in [0.1, 0.15) is 11.6 Å². The van der Waals surface area contributed by atoms with Crippen LogP contribution >= 0.6 is 0 Å². The number of ether oxygens (including phenoxy) is 2. The summed E-state index contributed by atoms with van der Waals surface area (Å²) in [5.74, 6) is -0.562. The van der Waals surface area contributed by atoms with Gasteiger partial charge in [-0.05, 0) is 26.3 Å². The number of hydrogen-bond donors (Lipinski definition) is 1. The van der Waals surface area contributed by atoms with Gasteiger partial charge in [-0.1, -0.05) is 42.5 Å². The van der Waals surface area contributed by atoms with Crippen molar-refractivity contribution in [3.8, 4) is 0 Å². The second-order valence-corrected chi connectivity index (χ2v) is 5.42. The van der Waals surface area contributed by atoms with Crippen molar-refractivity contribution in [2.45, 2.75) is 32.4 Å². The Bertz CT molecular complexity index is 503. The molecule has 5 heteroatoms. The normalized spacial score (nSPS) is 12.8. The first-order valence-electron chi connectivity index (χ1n) is 6.62. The topological polar surface area (TPSA) is 64.6 Å². The van der Waals surface area contributed by atoms with Crippen molar-refractivity contribution in [1.29, 1.82) is 0 Å². The molecular weight excluding hydrogens is 270 g/mol. The molecule has 5 nitrogen and oxygen atoms in total. The van der Waals surface area contributed by atoms with Gasteiger partial charge in [-0.2, -0.15) is 0 Å². The second kappa shape index (κ2) is 7.47. The molecule has 0 radical (unpaired) electrons. The molecule has 0 aliphatic rings. The summed E-state index contributed by atoms with van der Waals surface area (Å²) in [7, 11) is 1.27. The van der Waals surface area contributed by atoms with Crippen molar-refractivity contribution < 1.29 is 19.1 Å². The van der Waals surface area contributed by atoms with Gasteiger partial charge in [0.25, 0.3) is 0 Å². The van der Waals surface area contributed by atoms with E-state index in [-0.39, 0.29) is 0 Å². The standard InChI is InChI=1S/C16H21NO4/c1-16(2,3)21-15(19)17-13(14(18)20-4)11-10-12-8-6-5-7-9-12/h5-11,13H,1-4H3,(H,17,19)/b11-10+. The number of rotatable bonds is 4. The van der Waals surface area contributed by atoms with E-state index < -0.39 is 23.7 Å². The predicted molar refractivity (Wildman–Crippen MR) is 80.6 cm³/mol. The smallest absolute Gasteiger partial charge is 0.408 e. The first kappa shape index (κ1) is 16.8. The highest BCUT2D eigenvalue weighted by Gasteiger charge is 2.22. The molecule has 1 aromatic carbocycles. The van der Waals surface area contributed by atoms with E-state index in [1.165, 1.54) is 7.11 Å². The third kappa shape index (κ3) is 6.61. The highest BCUT2D eigenvalue weighted by atomic mass is 16.6. The molecule has 1 aromatic rings. The number of nitrogens with one attached hydrogen (secondary N) is 1. The molecule has 114 valence electrons. The summed E-state index contributed by atoms with van der Waals surface area (Å²) in [5, 5.41) is 2.47. The maximum Gasteiger partial charge on any atom is 0.408 e. The van der Waals surface area contributed by atoms with E-state index >= 15 is 0 Å². The minimum Gasteiger partial charge on any atom is -0.467 e. The molecule has 0 heterocycles. The molecule has 1 rings (SSSR count). The Morgan fingerprint density at radius 3 is 2.33 bits per heavy atom. The lowest BCUT2D eigenvalue weighted by atomic mass is 10.1. The van der Waals surface area contributed by atoms with Gasteiger partial charge in [0.05, 0.1) is 7.11 Å². The van der Waals surface area contributed by atoms with Crippen LogP contribution in [-0.4, -0.2) is 30.8 Å². The fourth-order valence-corrected chi connectivity index (χ4v) is 1.52. The molecule has 0 spiro atoms. The monoisotopic (exact) mass is 291 g/mol. The summed E-state index contributed by atoms with van der Waals surface area (Å²) in [6, 6.07) is 8.54. The first-order chi connectivity index (χ1) is 9.81. The summed E-state index contributed by atoms with van der Waals surface area (Å²) >= 11 is 0. The lowest BCUT2D eigenvalue weighted by Crippen LogP contribution is -2.42. The van der Waals surface area contributed by atoms with E-state index in [4.69, 9.17) is 4.74 Å². The maximum atomic E-state index is 11.7. The van der Waals surface area contributed by atoms with Gasteiger partial charge < -0.3 is 14.8 Å². The number of alkyl carbamates (subject to hydrolysis) is 1. The zero-order valence-electron chi connectivity index (χ0n) is 12.8. The van der Waals surface area contributed by atoms with Gasteiger partial charge in [-0.25, -0.2) is 9.59 Å². The van der Waals surface area contributed by atoms with Crippen LogP contribution in [0.25, 0.3) is 6.08 Å². The molecule has 0 aliphatic heterocycles. The number of esters is 1. The molecule has 0 aliphatic carbocycles. The van der Waals surface area contributed by atoms with Crippen molar-refractivity contribution in [3.63, 3.8) is 0 Å². The highest BCUT2D eigenvalue weighted by Crippen LogP contribution is 2.08. The zero-order chi connectivity index (χ0) is 15.9. The first-order valence-corrected chi connectivity index (χ1v) is 6.62. The van der Waals surface area contributed by atoms with Crippen molar-refractivity contribution in [2.24, 2.45) is 0 Å². The third-order valence-electron chi connectivity index (χ3n) is 2.41. The maximum absolute atomic E-state index is 11.7. The molecule has 21 heavy (non-hydrogen) atoms. The average Bonchev–Trinajstić information content (AvgIpc) is 2.41. The van der Waals surface area contributed by atoms with Gasteiger partial charge in [0.15, 0.2) is 0 Å². The Kier molecular flexibility index (Phi) is 5.96. The van der Waals surface area contributed by atoms with Crippen molar-refractivity contribution in [3.05, 3.63) is 42.0 Å². The number of benzene rings is 1. The van der Waals surface area contributed by atoms with Crippen molar-refractivity contribution in [2.75, 3.05) is 7.11 Å². The van der Waals surface area contributed by atoms with Gasteiger partial charge in [-0.3, -0.25) is 0 Å². The Morgan fingerprint density at radius 2 is 1.81 bits per heavy atom. The van der Waals surface area contributed by atoms with Crippen LogP contribution in [0.2, 0.25) is 0 Å². The van der Waals surface area contributed by atoms with E-state index in [9.17, 15) is 9.59 Å². The van der Waals surface area contributed by atoms with E-state index in [0.717, 1.165) is 5.56 Å². The molecule has 1 amide bonds.